The molecule has 1 N–H and O–H groups in total. The highest BCUT2D eigenvalue weighted by atomic mass is 16.4. The molecule has 0 saturated heterocycles. The van der Waals surface area contributed by atoms with E-state index in [-0.39, 0.29) is 5.69 Å². The summed E-state index contributed by atoms with van der Waals surface area (Å²) in [6, 6.07) is 0. The first-order valence-corrected chi connectivity index (χ1v) is 3.81. The second-order valence-corrected chi connectivity index (χ2v) is 2.71. The highest BCUT2D eigenvalue weighted by molar-refractivity contribution is 5.85. The molecule has 72 valence electrons. The van der Waals surface area contributed by atoms with Gasteiger partial charge in [0, 0.05) is 7.05 Å². The molecule has 0 amide bonds. The Morgan fingerprint density at radius 3 is 2.86 bits per heavy atom. The van der Waals surface area contributed by atoms with E-state index in [1.165, 1.54) is 17.1 Å². The molecule has 7 nitrogen and oxygen atoms in total. The number of aromatic carboxylic acids is 1. The van der Waals surface area contributed by atoms with Crippen LogP contribution in [-0.4, -0.2) is 35.9 Å². The lowest BCUT2D eigenvalue weighted by molar-refractivity contribution is 0.0687. The number of aromatic nitrogens is 5. The van der Waals surface area contributed by atoms with Gasteiger partial charge in [0.05, 0.1) is 18.6 Å². The molecule has 0 unspecified atom stereocenters. The molecular weight excluding hydrogens is 186 g/mol. The third kappa shape index (κ3) is 1.24. The molecule has 0 spiro atoms. The summed E-state index contributed by atoms with van der Waals surface area (Å²) < 4.78 is 2.78. The van der Waals surface area contributed by atoms with Gasteiger partial charge in [-0.3, -0.25) is 4.68 Å². The predicted octanol–water partition coefficient (Wildman–Crippen LogP) is -0.301. The number of hydrogen-bond donors (Lipinski definition) is 1. The van der Waals surface area contributed by atoms with Gasteiger partial charge in [0.1, 0.15) is 5.69 Å². The minimum Gasteiger partial charge on any atom is -0.476 e. The number of carboxylic acid groups (broad SMARTS) is 1. The highest BCUT2D eigenvalue weighted by Gasteiger charge is 2.13. The number of nitrogens with zero attached hydrogens (tertiary/aromatic N) is 5. The Kier molecular flexibility index (Phi) is 1.77. The van der Waals surface area contributed by atoms with Crippen LogP contribution in [-0.2, 0) is 7.05 Å². The Bertz CT molecular complexity index is 472. The fraction of sp³-hybridized carbons (Fsp3) is 0.143. The van der Waals surface area contributed by atoms with Gasteiger partial charge in [-0.1, -0.05) is 5.21 Å². The fourth-order valence-corrected chi connectivity index (χ4v) is 1.09. The van der Waals surface area contributed by atoms with E-state index in [1.54, 1.807) is 17.9 Å². The maximum atomic E-state index is 10.7. The summed E-state index contributed by atoms with van der Waals surface area (Å²) in [4.78, 5) is 10.7. The minimum atomic E-state index is -1.07. The van der Waals surface area contributed by atoms with Crippen molar-refractivity contribution >= 4 is 5.97 Å². The summed E-state index contributed by atoms with van der Waals surface area (Å²) in [6.45, 7) is 0. The van der Waals surface area contributed by atoms with Crippen LogP contribution >= 0.6 is 0 Å². The van der Waals surface area contributed by atoms with Gasteiger partial charge in [0.25, 0.3) is 0 Å². The first kappa shape index (κ1) is 8.42. The van der Waals surface area contributed by atoms with Crippen LogP contribution in [0.1, 0.15) is 10.5 Å². The standard InChI is InChI=1S/C7H7N5O2/c1-11-4-5(2-9-11)12-6(7(13)14)3-8-10-12/h2-4H,1H3,(H,13,14). The van der Waals surface area contributed by atoms with Crippen molar-refractivity contribution in [1.29, 1.82) is 0 Å². The van der Waals surface area contributed by atoms with Crippen molar-refractivity contribution in [2.24, 2.45) is 7.05 Å². The van der Waals surface area contributed by atoms with E-state index >= 15 is 0 Å². The van der Waals surface area contributed by atoms with E-state index in [9.17, 15) is 4.79 Å². The predicted molar refractivity (Wildman–Crippen MR) is 45.1 cm³/mol. The van der Waals surface area contributed by atoms with Gasteiger partial charge < -0.3 is 5.11 Å². The molecule has 0 saturated carbocycles. The fourth-order valence-electron chi connectivity index (χ4n) is 1.09. The van der Waals surface area contributed by atoms with Gasteiger partial charge in [-0.15, -0.1) is 5.10 Å². The lowest BCUT2D eigenvalue weighted by Gasteiger charge is -1.96. The van der Waals surface area contributed by atoms with Crippen LogP contribution in [0, 0.1) is 0 Å². The van der Waals surface area contributed by atoms with Crippen molar-refractivity contribution in [1.82, 2.24) is 24.8 Å². The molecule has 0 radical (unpaired) electrons. The molecule has 7 heteroatoms. The largest absolute Gasteiger partial charge is 0.476 e. The molecule has 0 aliphatic heterocycles. The van der Waals surface area contributed by atoms with Crippen molar-refractivity contribution in [2.45, 2.75) is 0 Å². The molecule has 2 aromatic heterocycles. The summed E-state index contributed by atoms with van der Waals surface area (Å²) >= 11 is 0. The Hall–Kier alpha value is -2.18. The monoisotopic (exact) mass is 193 g/mol. The van der Waals surface area contributed by atoms with E-state index in [0.29, 0.717) is 5.69 Å². The molecule has 0 aliphatic rings. The van der Waals surface area contributed by atoms with Gasteiger partial charge >= 0.3 is 5.97 Å². The lowest BCUT2D eigenvalue weighted by Crippen LogP contribution is -2.07. The number of carbonyl (C=O) groups is 1. The van der Waals surface area contributed by atoms with Gasteiger partial charge in [-0.05, 0) is 0 Å². The molecular formula is C7H7N5O2. The van der Waals surface area contributed by atoms with Crippen LogP contribution in [0.25, 0.3) is 5.69 Å². The minimum absolute atomic E-state index is 0.0120. The van der Waals surface area contributed by atoms with Crippen LogP contribution < -0.4 is 0 Å². The van der Waals surface area contributed by atoms with Gasteiger partial charge in [0.2, 0.25) is 0 Å². The zero-order chi connectivity index (χ0) is 10.1. The van der Waals surface area contributed by atoms with Crippen LogP contribution in [0.4, 0.5) is 0 Å². The van der Waals surface area contributed by atoms with E-state index in [0.717, 1.165) is 0 Å². The van der Waals surface area contributed by atoms with Gasteiger partial charge in [-0.25, -0.2) is 9.48 Å². The highest BCUT2D eigenvalue weighted by Crippen LogP contribution is 2.07. The number of aryl methyl sites for hydroxylation is 1. The summed E-state index contributed by atoms with van der Waals surface area (Å²) in [6.07, 6.45) is 4.36. The van der Waals surface area contributed by atoms with Crippen molar-refractivity contribution in [3.05, 3.63) is 24.3 Å². The second kappa shape index (κ2) is 2.95. The van der Waals surface area contributed by atoms with Crippen LogP contribution in [0.3, 0.4) is 0 Å². The number of hydrogen-bond acceptors (Lipinski definition) is 4. The zero-order valence-corrected chi connectivity index (χ0v) is 7.32. The molecule has 0 aliphatic carbocycles. The smallest absolute Gasteiger partial charge is 0.356 e. The molecule has 0 aromatic carbocycles. The van der Waals surface area contributed by atoms with Crippen LogP contribution in [0.5, 0.6) is 0 Å². The molecule has 0 fully saturated rings. The third-order valence-electron chi connectivity index (χ3n) is 1.70. The molecule has 2 heterocycles. The lowest BCUT2D eigenvalue weighted by atomic mass is 10.4. The molecule has 2 aromatic rings. The second-order valence-electron chi connectivity index (χ2n) is 2.71. The van der Waals surface area contributed by atoms with E-state index < -0.39 is 5.97 Å². The van der Waals surface area contributed by atoms with E-state index in [4.69, 9.17) is 5.11 Å². The summed E-state index contributed by atoms with van der Waals surface area (Å²) in [7, 11) is 1.74. The van der Waals surface area contributed by atoms with Crippen LogP contribution in [0.15, 0.2) is 18.6 Å². The van der Waals surface area contributed by atoms with Crippen molar-refractivity contribution < 1.29 is 9.90 Å². The quantitative estimate of drug-likeness (QED) is 0.707. The maximum Gasteiger partial charge on any atom is 0.356 e. The SMILES string of the molecule is Cn1cc(-n2nncc2C(=O)O)cn1. The average molecular weight is 193 g/mol. The topological polar surface area (TPSA) is 85.8 Å². The van der Waals surface area contributed by atoms with E-state index in [1.807, 2.05) is 0 Å². The Morgan fingerprint density at radius 2 is 2.29 bits per heavy atom. The van der Waals surface area contributed by atoms with Crippen LogP contribution in [0.2, 0.25) is 0 Å². The average Bonchev–Trinajstić information content (AvgIpc) is 2.70. The third-order valence-corrected chi connectivity index (χ3v) is 1.70. The number of carboxylic acids is 1. The maximum absolute atomic E-state index is 10.7. The molecule has 2 rings (SSSR count). The molecule has 14 heavy (non-hydrogen) atoms. The molecule has 0 atom stereocenters. The first-order chi connectivity index (χ1) is 6.68. The number of rotatable bonds is 2. The van der Waals surface area contributed by atoms with Gasteiger partial charge in [-0.2, -0.15) is 5.10 Å². The normalized spacial score (nSPS) is 10.4. The summed E-state index contributed by atoms with van der Waals surface area (Å²) in [5, 5.41) is 19.9. The van der Waals surface area contributed by atoms with E-state index in [2.05, 4.69) is 15.4 Å². The molecule has 0 bridgehead atoms. The van der Waals surface area contributed by atoms with Crippen molar-refractivity contribution in [3.8, 4) is 5.69 Å². The first-order valence-electron chi connectivity index (χ1n) is 3.81. The van der Waals surface area contributed by atoms with Gasteiger partial charge in [0.15, 0.2) is 5.69 Å². The Balaban J connectivity index is 2.51. The summed E-state index contributed by atoms with van der Waals surface area (Å²) in [5.41, 5.74) is 0.584. The Morgan fingerprint density at radius 1 is 1.50 bits per heavy atom. The van der Waals surface area contributed by atoms with Crippen molar-refractivity contribution in [2.75, 3.05) is 0 Å². The zero-order valence-electron chi connectivity index (χ0n) is 7.32. The Labute approximate surface area is 78.6 Å². The summed E-state index contributed by atoms with van der Waals surface area (Å²) in [5.74, 6) is -1.07. The van der Waals surface area contributed by atoms with Crippen molar-refractivity contribution in [3.63, 3.8) is 0 Å².